The van der Waals surface area contributed by atoms with Crippen molar-refractivity contribution in [3.8, 4) is 5.75 Å². The van der Waals surface area contributed by atoms with Crippen molar-refractivity contribution in [2.24, 2.45) is 0 Å². The van der Waals surface area contributed by atoms with Crippen LogP contribution in [0.15, 0.2) is 23.1 Å². The minimum Gasteiger partial charge on any atom is -0.507 e. The summed E-state index contributed by atoms with van der Waals surface area (Å²) in [5.41, 5.74) is 0. The van der Waals surface area contributed by atoms with Crippen LogP contribution in [0, 0.1) is 0 Å². The quantitative estimate of drug-likeness (QED) is 0.429. The molecule has 0 spiro atoms. The van der Waals surface area contributed by atoms with Gasteiger partial charge in [-0.05, 0) is 11.4 Å². The zero-order chi connectivity index (χ0) is 6.85. The topological polar surface area (TPSA) is 20.2 Å². The number of phenols is 1. The molecule has 1 aromatic rings. The van der Waals surface area contributed by atoms with Gasteiger partial charge >= 0.3 is 0 Å². The monoisotopic (exact) mass is 158 g/mol. The molecule has 0 heterocycles. The van der Waals surface area contributed by atoms with Gasteiger partial charge in [-0.25, -0.2) is 0 Å². The molecule has 1 rings (SSSR count). The molecule has 48 valence electrons. The van der Waals surface area contributed by atoms with Crippen molar-refractivity contribution in [1.29, 1.82) is 0 Å². The van der Waals surface area contributed by atoms with Crippen LogP contribution in [-0.2, 0) is 0 Å². The molecule has 0 saturated heterocycles. The predicted molar refractivity (Wildman–Crippen MR) is 44.7 cm³/mol. The fraction of sp³-hybridized carbons (Fsp3) is 0. The van der Waals surface area contributed by atoms with Gasteiger partial charge in [0.2, 0.25) is 0 Å². The van der Waals surface area contributed by atoms with E-state index < -0.39 is 0 Å². The minimum atomic E-state index is 0.228. The minimum absolute atomic E-state index is 0.228. The lowest BCUT2D eigenvalue weighted by Crippen LogP contribution is -1.90. The Hall–Kier alpha value is -0.200. The van der Waals surface area contributed by atoms with Crippen LogP contribution in [0.25, 0.3) is 0 Å². The molecule has 0 aromatic heterocycles. The smallest absolute Gasteiger partial charge is 0.129 e. The highest BCUT2D eigenvalue weighted by atomic mass is 32.1. The molecule has 0 bridgehead atoms. The fourth-order valence-electron chi connectivity index (χ4n) is 0.549. The van der Waals surface area contributed by atoms with E-state index >= 15 is 0 Å². The van der Waals surface area contributed by atoms with Crippen LogP contribution in [0.2, 0.25) is 0 Å². The number of benzene rings is 1. The largest absolute Gasteiger partial charge is 0.507 e. The Bertz CT molecular complexity index is 204. The van der Waals surface area contributed by atoms with Crippen LogP contribution in [0.4, 0.5) is 0 Å². The molecule has 1 N–H and O–H groups in total. The van der Waals surface area contributed by atoms with Crippen molar-refractivity contribution < 1.29 is 5.11 Å². The summed E-state index contributed by atoms with van der Waals surface area (Å²) in [4.78, 5) is 0.627. The van der Waals surface area contributed by atoms with E-state index in [-0.39, 0.29) is 5.75 Å². The van der Waals surface area contributed by atoms with E-state index in [0.717, 1.165) is 5.30 Å². The van der Waals surface area contributed by atoms with Gasteiger partial charge in [0, 0.05) is 0 Å². The fourth-order valence-corrected chi connectivity index (χ4v) is 0.957. The highest BCUT2D eigenvalue weighted by Crippen LogP contribution is 2.18. The lowest BCUT2D eigenvalue weighted by molar-refractivity contribution is 0.464. The van der Waals surface area contributed by atoms with Crippen LogP contribution in [0.1, 0.15) is 0 Å². The third-order valence-electron chi connectivity index (χ3n) is 1.05. The number of phenolic OH excluding ortho intramolecular Hbond substituents is 1. The molecule has 0 saturated carbocycles. The van der Waals surface area contributed by atoms with Gasteiger partial charge in [0.15, 0.2) is 0 Å². The zero-order valence-electron chi connectivity index (χ0n) is 4.70. The normalized spacial score (nSPS) is 9.56. The Labute approximate surface area is 61.7 Å². The number of rotatable bonds is 0. The first-order valence-corrected chi connectivity index (χ1v) is 3.50. The number of aromatic hydroxyl groups is 1. The first kappa shape index (κ1) is 6.91. The summed E-state index contributed by atoms with van der Waals surface area (Å²) in [6, 6.07) is 5.25. The maximum atomic E-state index is 9.01. The molecular weight excluding hydrogens is 151 g/mol. The van der Waals surface area contributed by atoms with E-state index in [2.05, 4.69) is 21.9 Å². The maximum Gasteiger partial charge on any atom is 0.129 e. The van der Waals surface area contributed by atoms with E-state index in [1.165, 1.54) is 0 Å². The van der Waals surface area contributed by atoms with Gasteiger partial charge in [0.05, 0.1) is 4.90 Å². The summed E-state index contributed by atoms with van der Waals surface area (Å²) in [5.74, 6) is 0.228. The molecule has 0 amide bonds. The molecule has 0 aliphatic heterocycles. The van der Waals surface area contributed by atoms with Gasteiger partial charge < -0.3 is 5.11 Å². The number of hydrogen-bond acceptors (Lipinski definition) is 2. The van der Waals surface area contributed by atoms with Crippen molar-refractivity contribution in [3.63, 3.8) is 0 Å². The van der Waals surface area contributed by atoms with Gasteiger partial charge in [-0.1, -0.05) is 12.1 Å². The average Bonchev–Trinajstić information content (AvgIpc) is 1.83. The third-order valence-corrected chi connectivity index (χ3v) is 2.26. The van der Waals surface area contributed by atoms with Crippen molar-refractivity contribution in [3.05, 3.63) is 18.2 Å². The highest BCUT2D eigenvalue weighted by Gasteiger charge is 1.95. The Morgan fingerprint density at radius 3 is 2.56 bits per heavy atom. The highest BCUT2D eigenvalue weighted by molar-refractivity contribution is 7.81. The Morgan fingerprint density at radius 2 is 2.11 bits per heavy atom. The van der Waals surface area contributed by atoms with Gasteiger partial charge in [0.25, 0.3) is 0 Å². The lowest BCUT2D eigenvalue weighted by Gasteiger charge is -1.98. The molecule has 1 aromatic carbocycles. The van der Waals surface area contributed by atoms with E-state index in [1.54, 1.807) is 12.1 Å². The Kier molecular flexibility index (Phi) is 1.99. The van der Waals surface area contributed by atoms with Crippen LogP contribution >= 0.6 is 21.9 Å². The summed E-state index contributed by atoms with van der Waals surface area (Å²) < 4.78 is 0. The molecule has 1 unspecified atom stereocenters. The zero-order valence-corrected chi connectivity index (χ0v) is 6.75. The van der Waals surface area contributed by atoms with Crippen molar-refractivity contribution in [2.75, 3.05) is 0 Å². The first-order valence-electron chi connectivity index (χ1n) is 2.48. The molecule has 0 radical (unpaired) electrons. The second-order valence-electron chi connectivity index (χ2n) is 1.71. The van der Waals surface area contributed by atoms with Crippen LogP contribution in [-0.4, -0.2) is 5.11 Å². The Balaban J connectivity index is 3.25. The predicted octanol–water partition coefficient (Wildman–Crippen LogP) is 1.18. The molecule has 0 aliphatic rings. The van der Waals surface area contributed by atoms with Gasteiger partial charge in [-0.15, -0.1) is 21.9 Å². The van der Waals surface area contributed by atoms with Crippen LogP contribution < -0.4 is 5.30 Å². The third kappa shape index (κ3) is 1.38. The van der Waals surface area contributed by atoms with Gasteiger partial charge in [-0.2, -0.15) is 0 Å². The lowest BCUT2D eigenvalue weighted by atomic mass is 10.3. The van der Waals surface area contributed by atoms with Gasteiger partial charge in [0.1, 0.15) is 5.75 Å². The molecular formula is C6H7OPS. The molecule has 0 fully saturated rings. The van der Waals surface area contributed by atoms with Crippen molar-refractivity contribution in [1.82, 2.24) is 0 Å². The van der Waals surface area contributed by atoms with E-state index in [9.17, 15) is 0 Å². The molecule has 9 heavy (non-hydrogen) atoms. The first-order chi connectivity index (χ1) is 4.22. The summed E-state index contributed by atoms with van der Waals surface area (Å²) in [7, 11) is 2.48. The molecule has 3 heteroatoms. The van der Waals surface area contributed by atoms with E-state index in [4.69, 9.17) is 5.11 Å². The SMILES string of the molecule is Oc1cccc(P)c1S. The van der Waals surface area contributed by atoms with E-state index in [0.29, 0.717) is 4.90 Å². The summed E-state index contributed by atoms with van der Waals surface area (Å²) in [6.45, 7) is 0. The summed E-state index contributed by atoms with van der Waals surface area (Å²) in [6.07, 6.45) is 0. The van der Waals surface area contributed by atoms with Crippen LogP contribution in [0.3, 0.4) is 0 Å². The van der Waals surface area contributed by atoms with Crippen molar-refractivity contribution in [2.45, 2.75) is 4.90 Å². The average molecular weight is 158 g/mol. The summed E-state index contributed by atoms with van der Waals surface area (Å²) in [5, 5.41) is 9.93. The molecule has 0 aliphatic carbocycles. The number of hydrogen-bond donors (Lipinski definition) is 2. The second-order valence-corrected chi connectivity index (χ2v) is 2.78. The van der Waals surface area contributed by atoms with Gasteiger partial charge in [-0.3, -0.25) is 0 Å². The summed E-state index contributed by atoms with van der Waals surface area (Å²) >= 11 is 4.04. The number of thiol groups is 1. The standard InChI is InChI=1S/C6H7OPS/c7-4-2-1-3-5(8)6(4)9/h1-3,7,9H,8H2. The van der Waals surface area contributed by atoms with E-state index in [1.807, 2.05) is 6.07 Å². The second kappa shape index (κ2) is 2.59. The Morgan fingerprint density at radius 1 is 1.44 bits per heavy atom. The maximum absolute atomic E-state index is 9.01. The van der Waals surface area contributed by atoms with Crippen LogP contribution in [0.5, 0.6) is 5.75 Å². The van der Waals surface area contributed by atoms with Crippen molar-refractivity contribution >= 4 is 27.2 Å². The molecule has 1 nitrogen and oxygen atoms in total. The molecule has 1 atom stereocenters.